The Labute approximate surface area is 136 Å². The number of aryl methyl sites for hydroxylation is 1. The third-order valence-corrected chi connectivity index (χ3v) is 3.06. The maximum Gasteiger partial charge on any atom is 0.277 e. The highest BCUT2D eigenvalue weighted by Crippen LogP contribution is 2.10. The van der Waals surface area contributed by atoms with Crippen molar-refractivity contribution in [2.75, 3.05) is 6.61 Å². The molecule has 0 saturated heterocycles. The van der Waals surface area contributed by atoms with Gasteiger partial charge in [0.25, 0.3) is 5.91 Å². The number of nitrogens with one attached hydrogen (secondary N) is 1. The summed E-state index contributed by atoms with van der Waals surface area (Å²) in [4.78, 5) is 11.7. The highest BCUT2D eigenvalue weighted by Gasteiger charge is 2.01. The largest absolute Gasteiger partial charge is 0.484 e. The van der Waals surface area contributed by atoms with Crippen LogP contribution in [0.25, 0.3) is 6.08 Å². The molecule has 118 valence electrons. The average molecular weight is 308 g/mol. The fourth-order valence-corrected chi connectivity index (χ4v) is 1.78. The van der Waals surface area contributed by atoms with Crippen LogP contribution in [0.4, 0.5) is 0 Å². The Morgan fingerprint density at radius 2 is 1.83 bits per heavy atom. The molecular weight excluding hydrogens is 288 g/mol. The molecule has 1 N–H and O–H groups in total. The number of allylic oxidation sites excluding steroid dienone is 1. The van der Waals surface area contributed by atoms with E-state index in [1.54, 1.807) is 0 Å². The fourth-order valence-electron chi connectivity index (χ4n) is 1.78. The van der Waals surface area contributed by atoms with Crippen molar-refractivity contribution in [1.82, 2.24) is 5.43 Å². The van der Waals surface area contributed by atoms with Gasteiger partial charge in [0.1, 0.15) is 5.75 Å². The smallest absolute Gasteiger partial charge is 0.277 e. The molecule has 0 spiro atoms. The van der Waals surface area contributed by atoms with Crippen molar-refractivity contribution in [2.45, 2.75) is 13.8 Å². The van der Waals surface area contributed by atoms with Gasteiger partial charge in [0.05, 0.1) is 5.71 Å². The van der Waals surface area contributed by atoms with Gasteiger partial charge in [-0.15, -0.1) is 0 Å². The number of carbonyl (C=O) groups is 1. The lowest BCUT2D eigenvalue weighted by Gasteiger charge is -2.05. The number of hydrazone groups is 1. The van der Waals surface area contributed by atoms with Crippen LogP contribution in [-0.4, -0.2) is 18.2 Å². The molecule has 0 aliphatic carbocycles. The van der Waals surface area contributed by atoms with E-state index in [1.807, 2.05) is 80.6 Å². The molecule has 2 aromatic carbocycles. The summed E-state index contributed by atoms with van der Waals surface area (Å²) in [6.07, 6.45) is 3.78. The highest BCUT2D eigenvalue weighted by atomic mass is 16.5. The van der Waals surface area contributed by atoms with Crippen LogP contribution < -0.4 is 10.2 Å². The lowest BCUT2D eigenvalue weighted by molar-refractivity contribution is -0.123. The van der Waals surface area contributed by atoms with E-state index in [1.165, 1.54) is 0 Å². The van der Waals surface area contributed by atoms with E-state index in [-0.39, 0.29) is 12.5 Å². The van der Waals surface area contributed by atoms with Gasteiger partial charge in [-0.3, -0.25) is 4.79 Å². The van der Waals surface area contributed by atoms with Crippen LogP contribution in [0.5, 0.6) is 5.75 Å². The SMILES string of the molecule is CC(/C=C/c1ccccc1)=N/NC(=O)COc1ccc(C)cc1. The van der Waals surface area contributed by atoms with Crippen LogP contribution >= 0.6 is 0 Å². The molecule has 0 heterocycles. The number of benzene rings is 2. The zero-order valence-electron chi connectivity index (χ0n) is 13.3. The maximum absolute atomic E-state index is 11.7. The van der Waals surface area contributed by atoms with E-state index in [2.05, 4.69) is 10.5 Å². The molecule has 0 aliphatic heterocycles. The van der Waals surface area contributed by atoms with E-state index in [4.69, 9.17) is 4.74 Å². The molecule has 2 aromatic rings. The van der Waals surface area contributed by atoms with E-state index in [9.17, 15) is 4.79 Å². The Bertz CT molecular complexity index is 689. The van der Waals surface area contributed by atoms with Crippen molar-refractivity contribution in [3.05, 3.63) is 71.8 Å². The first-order valence-electron chi connectivity index (χ1n) is 7.39. The first-order valence-corrected chi connectivity index (χ1v) is 7.39. The third kappa shape index (κ3) is 6.18. The van der Waals surface area contributed by atoms with Gasteiger partial charge in [-0.25, -0.2) is 5.43 Å². The van der Waals surface area contributed by atoms with E-state index in [0.717, 1.165) is 11.1 Å². The predicted octanol–water partition coefficient (Wildman–Crippen LogP) is 3.58. The van der Waals surface area contributed by atoms with Crippen molar-refractivity contribution >= 4 is 17.7 Å². The zero-order chi connectivity index (χ0) is 16.5. The second-order valence-corrected chi connectivity index (χ2v) is 5.13. The van der Waals surface area contributed by atoms with Crippen molar-refractivity contribution in [2.24, 2.45) is 5.10 Å². The molecule has 0 aliphatic rings. The van der Waals surface area contributed by atoms with Crippen LogP contribution in [0.15, 0.2) is 65.8 Å². The molecule has 0 saturated carbocycles. The summed E-state index contributed by atoms with van der Waals surface area (Å²) in [7, 11) is 0. The first kappa shape index (κ1) is 16.5. The summed E-state index contributed by atoms with van der Waals surface area (Å²) < 4.78 is 5.39. The minimum Gasteiger partial charge on any atom is -0.484 e. The lowest BCUT2D eigenvalue weighted by Crippen LogP contribution is -2.25. The minimum absolute atomic E-state index is 0.0672. The Kier molecular flexibility index (Phi) is 6.12. The maximum atomic E-state index is 11.7. The van der Waals surface area contributed by atoms with Crippen molar-refractivity contribution < 1.29 is 9.53 Å². The number of carbonyl (C=O) groups excluding carboxylic acids is 1. The fraction of sp³-hybridized carbons (Fsp3) is 0.158. The van der Waals surface area contributed by atoms with Gasteiger partial charge in [0, 0.05) is 0 Å². The Morgan fingerprint density at radius 1 is 1.13 bits per heavy atom. The van der Waals surface area contributed by atoms with Gasteiger partial charge in [0.2, 0.25) is 0 Å². The molecule has 23 heavy (non-hydrogen) atoms. The topological polar surface area (TPSA) is 50.7 Å². The number of amides is 1. The minimum atomic E-state index is -0.293. The van der Waals surface area contributed by atoms with Crippen molar-refractivity contribution in [3.63, 3.8) is 0 Å². The molecule has 0 atom stereocenters. The van der Waals surface area contributed by atoms with Crippen molar-refractivity contribution in [3.8, 4) is 5.75 Å². The molecule has 4 nitrogen and oxygen atoms in total. The third-order valence-electron chi connectivity index (χ3n) is 3.06. The van der Waals surface area contributed by atoms with Crippen LogP contribution in [-0.2, 0) is 4.79 Å². The van der Waals surface area contributed by atoms with Gasteiger partial charge in [0.15, 0.2) is 6.61 Å². The number of hydrogen-bond acceptors (Lipinski definition) is 3. The standard InChI is InChI=1S/C19H20N2O2/c1-15-8-12-18(13-9-15)23-14-19(22)21-20-16(2)10-11-17-6-4-3-5-7-17/h3-13H,14H2,1-2H3,(H,21,22)/b11-10+,20-16-. The second-order valence-electron chi connectivity index (χ2n) is 5.13. The van der Waals surface area contributed by atoms with Gasteiger partial charge in [-0.1, -0.05) is 54.1 Å². The summed E-state index contributed by atoms with van der Waals surface area (Å²) in [5.41, 5.74) is 5.40. The van der Waals surface area contributed by atoms with Crippen LogP contribution in [0.3, 0.4) is 0 Å². The predicted molar refractivity (Wildman–Crippen MR) is 93.4 cm³/mol. The Morgan fingerprint density at radius 3 is 2.52 bits per heavy atom. The lowest BCUT2D eigenvalue weighted by atomic mass is 10.2. The average Bonchev–Trinajstić information content (AvgIpc) is 2.58. The first-order chi connectivity index (χ1) is 11.1. The molecule has 4 heteroatoms. The van der Waals surface area contributed by atoms with Gasteiger partial charge >= 0.3 is 0 Å². The highest BCUT2D eigenvalue weighted by molar-refractivity contribution is 5.97. The normalized spacial score (nSPS) is 11.5. The molecule has 1 amide bonds. The number of ether oxygens (including phenoxy) is 1. The molecule has 0 aromatic heterocycles. The van der Waals surface area contributed by atoms with Gasteiger partial charge < -0.3 is 4.74 Å². The quantitative estimate of drug-likeness (QED) is 0.655. The Balaban J connectivity index is 1.78. The molecular formula is C19H20N2O2. The number of hydrogen-bond donors (Lipinski definition) is 1. The van der Waals surface area contributed by atoms with E-state index in [0.29, 0.717) is 11.5 Å². The number of rotatable bonds is 6. The van der Waals surface area contributed by atoms with Crippen LogP contribution in [0.1, 0.15) is 18.1 Å². The van der Waals surface area contributed by atoms with Crippen LogP contribution in [0.2, 0.25) is 0 Å². The monoisotopic (exact) mass is 308 g/mol. The van der Waals surface area contributed by atoms with E-state index < -0.39 is 0 Å². The molecule has 2 rings (SSSR count). The van der Waals surface area contributed by atoms with Gasteiger partial charge in [-0.2, -0.15) is 5.10 Å². The summed E-state index contributed by atoms with van der Waals surface area (Å²) in [5.74, 6) is 0.369. The molecule has 0 fully saturated rings. The Hall–Kier alpha value is -2.88. The molecule has 0 unspecified atom stereocenters. The number of nitrogens with zero attached hydrogens (tertiary/aromatic N) is 1. The van der Waals surface area contributed by atoms with E-state index >= 15 is 0 Å². The molecule has 0 bridgehead atoms. The summed E-state index contributed by atoms with van der Waals surface area (Å²) in [6, 6.07) is 17.4. The zero-order valence-corrected chi connectivity index (χ0v) is 13.3. The molecule has 0 radical (unpaired) electrons. The summed E-state index contributed by atoms with van der Waals surface area (Å²) >= 11 is 0. The second kappa shape index (κ2) is 8.54. The van der Waals surface area contributed by atoms with Crippen LogP contribution in [0, 0.1) is 6.92 Å². The van der Waals surface area contributed by atoms with Gasteiger partial charge in [-0.05, 0) is 37.6 Å². The summed E-state index contributed by atoms with van der Waals surface area (Å²) in [5, 5.41) is 4.02. The van der Waals surface area contributed by atoms with Crippen molar-refractivity contribution in [1.29, 1.82) is 0 Å². The summed E-state index contributed by atoms with van der Waals surface area (Å²) in [6.45, 7) is 3.75.